The van der Waals surface area contributed by atoms with Crippen molar-refractivity contribution in [1.82, 2.24) is 5.32 Å². The predicted molar refractivity (Wildman–Crippen MR) is 68.6 cm³/mol. The van der Waals surface area contributed by atoms with Crippen molar-refractivity contribution in [3.63, 3.8) is 0 Å². The number of nitrogens with one attached hydrogen (secondary N) is 1. The normalized spacial score (nSPS) is 17.6. The van der Waals surface area contributed by atoms with Gasteiger partial charge < -0.3 is 11.1 Å². The summed E-state index contributed by atoms with van der Waals surface area (Å²) in [7, 11) is -1.14. The van der Waals surface area contributed by atoms with Crippen LogP contribution in [-0.4, -0.2) is 32.7 Å². The Morgan fingerprint density at radius 2 is 1.88 bits per heavy atom. The molecule has 0 aromatic heterocycles. The molecular weight excluding hydrogens is 224 g/mol. The number of carbonyl (C=O) groups is 1. The maximum absolute atomic E-state index is 11.8. The summed E-state index contributed by atoms with van der Waals surface area (Å²) < 4.78 is 11.8. The average Bonchev–Trinajstić information content (AvgIpc) is 2.10. The van der Waals surface area contributed by atoms with Crippen molar-refractivity contribution in [2.75, 3.05) is 5.75 Å². The highest BCUT2D eigenvalue weighted by molar-refractivity contribution is 7.86. The van der Waals surface area contributed by atoms with Gasteiger partial charge in [-0.25, -0.2) is 0 Å². The summed E-state index contributed by atoms with van der Waals surface area (Å²) in [6.07, 6.45) is 0.680. The van der Waals surface area contributed by atoms with Crippen LogP contribution < -0.4 is 11.1 Å². The first-order chi connectivity index (χ1) is 7.13. The minimum atomic E-state index is -1.14. The summed E-state index contributed by atoms with van der Waals surface area (Å²) in [6, 6.07) is 0.0295. The van der Waals surface area contributed by atoms with Crippen LogP contribution >= 0.6 is 0 Å². The molecule has 0 rings (SSSR count). The Morgan fingerprint density at radius 1 is 1.38 bits per heavy atom. The quantitative estimate of drug-likeness (QED) is 0.755. The Bertz CT molecular complexity index is 259. The lowest BCUT2D eigenvalue weighted by atomic mass is 10.1. The molecule has 96 valence electrons. The minimum absolute atomic E-state index is 0.0295. The van der Waals surface area contributed by atoms with E-state index in [1.165, 1.54) is 0 Å². The molecule has 3 N–H and O–H groups in total. The van der Waals surface area contributed by atoms with Crippen molar-refractivity contribution in [3.05, 3.63) is 0 Å². The standard InChI is InChI=1S/C11H24N2O2S/c1-8(12)6-7-16(15)9(2)10(14)13-11(3,4)5/h8-9H,6-7,12H2,1-5H3,(H,13,14). The van der Waals surface area contributed by atoms with Gasteiger partial charge in [-0.2, -0.15) is 0 Å². The highest BCUT2D eigenvalue weighted by Gasteiger charge is 2.23. The topological polar surface area (TPSA) is 72.2 Å². The van der Waals surface area contributed by atoms with Crippen molar-refractivity contribution < 1.29 is 9.00 Å². The van der Waals surface area contributed by atoms with E-state index < -0.39 is 16.0 Å². The number of nitrogens with two attached hydrogens (primary N) is 1. The van der Waals surface area contributed by atoms with E-state index in [0.29, 0.717) is 12.2 Å². The largest absolute Gasteiger partial charge is 0.350 e. The fourth-order valence-corrected chi connectivity index (χ4v) is 2.32. The van der Waals surface area contributed by atoms with Crippen molar-refractivity contribution in [3.8, 4) is 0 Å². The molecule has 0 fully saturated rings. The van der Waals surface area contributed by atoms with Gasteiger partial charge >= 0.3 is 0 Å². The molecule has 3 atom stereocenters. The van der Waals surface area contributed by atoms with E-state index in [1.807, 2.05) is 27.7 Å². The van der Waals surface area contributed by atoms with Gasteiger partial charge in [-0.1, -0.05) is 0 Å². The van der Waals surface area contributed by atoms with Crippen LogP contribution in [0, 0.1) is 0 Å². The van der Waals surface area contributed by atoms with E-state index in [4.69, 9.17) is 5.73 Å². The van der Waals surface area contributed by atoms with Crippen LogP contribution in [0.15, 0.2) is 0 Å². The maximum atomic E-state index is 11.8. The molecule has 5 heteroatoms. The van der Waals surface area contributed by atoms with E-state index in [2.05, 4.69) is 5.32 Å². The second-order valence-corrected chi connectivity index (χ2v) is 7.11. The van der Waals surface area contributed by atoms with Gasteiger partial charge in [0, 0.05) is 28.1 Å². The Hall–Kier alpha value is -0.420. The fraction of sp³-hybridized carbons (Fsp3) is 0.909. The van der Waals surface area contributed by atoms with Crippen LogP contribution in [-0.2, 0) is 15.6 Å². The summed E-state index contributed by atoms with van der Waals surface area (Å²) in [5.41, 5.74) is 5.30. The van der Waals surface area contributed by atoms with Gasteiger partial charge in [-0.05, 0) is 41.0 Å². The highest BCUT2D eigenvalue weighted by Crippen LogP contribution is 2.04. The molecule has 0 radical (unpaired) electrons. The minimum Gasteiger partial charge on any atom is -0.350 e. The van der Waals surface area contributed by atoms with Crippen molar-refractivity contribution >= 4 is 16.7 Å². The Balaban J connectivity index is 4.17. The third-order valence-corrected chi connectivity index (χ3v) is 3.68. The van der Waals surface area contributed by atoms with Crippen LogP contribution in [0.2, 0.25) is 0 Å². The Labute approximate surface area is 101 Å². The van der Waals surface area contributed by atoms with Gasteiger partial charge in [0.05, 0.1) is 0 Å². The Kier molecular flexibility index (Phi) is 6.18. The maximum Gasteiger partial charge on any atom is 0.235 e. The molecule has 0 spiro atoms. The molecule has 0 aromatic carbocycles. The number of hydrogen-bond acceptors (Lipinski definition) is 3. The molecule has 0 saturated heterocycles. The third kappa shape index (κ3) is 6.95. The van der Waals surface area contributed by atoms with Crippen molar-refractivity contribution in [2.24, 2.45) is 5.73 Å². The molecule has 0 aliphatic rings. The molecule has 16 heavy (non-hydrogen) atoms. The number of rotatable bonds is 5. The zero-order valence-electron chi connectivity index (χ0n) is 10.9. The number of carbonyl (C=O) groups excluding carboxylic acids is 1. The van der Waals surface area contributed by atoms with E-state index in [9.17, 15) is 9.00 Å². The molecule has 0 aliphatic heterocycles. The second-order valence-electron chi connectivity index (χ2n) is 5.23. The first kappa shape index (κ1) is 15.6. The van der Waals surface area contributed by atoms with Gasteiger partial charge in [-0.3, -0.25) is 9.00 Å². The van der Waals surface area contributed by atoms with Crippen LogP contribution in [0.3, 0.4) is 0 Å². The molecule has 0 saturated carbocycles. The molecule has 3 unspecified atom stereocenters. The molecule has 0 aliphatic carbocycles. The first-order valence-corrected chi connectivity index (χ1v) is 6.96. The smallest absolute Gasteiger partial charge is 0.235 e. The lowest BCUT2D eigenvalue weighted by Crippen LogP contribution is -2.46. The van der Waals surface area contributed by atoms with Crippen molar-refractivity contribution in [2.45, 2.75) is 57.9 Å². The summed E-state index contributed by atoms with van der Waals surface area (Å²) in [6.45, 7) is 9.28. The summed E-state index contributed by atoms with van der Waals surface area (Å²) in [4.78, 5) is 11.7. The van der Waals surface area contributed by atoms with Crippen LogP contribution in [0.25, 0.3) is 0 Å². The monoisotopic (exact) mass is 248 g/mol. The predicted octanol–water partition coefficient (Wildman–Crippen LogP) is 0.776. The van der Waals surface area contributed by atoms with Gasteiger partial charge in [0.15, 0.2) is 0 Å². The zero-order chi connectivity index (χ0) is 12.9. The zero-order valence-corrected chi connectivity index (χ0v) is 11.7. The van der Waals surface area contributed by atoms with E-state index in [0.717, 1.165) is 0 Å². The van der Waals surface area contributed by atoms with Crippen LogP contribution in [0.1, 0.15) is 41.0 Å². The summed E-state index contributed by atoms with van der Waals surface area (Å²) in [5, 5.41) is 2.35. The second kappa shape index (κ2) is 6.35. The van der Waals surface area contributed by atoms with Crippen LogP contribution in [0.4, 0.5) is 0 Å². The van der Waals surface area contributed by atoms with Crippen LogP contribution in [0.5, 0.6) is 0 Å². The lowest BCUT2D eigenvalue weighted by Gasteiger charge is -2.23. The third-order valence-electron chi connectivity index (χ3n) is 2.04. The first-order valence-electron chi connectivity index (χ1n) is 5.58. The molecule has 1 amide bonds. The highest BCUT2D eigenvalue weighted by atomic mass is 32.2. The van der Waals surface area contributed by atoms with E-state index in [-0.39, 0.29) is 17.5 Å². The average molecular weight is 248 g/mol. The van der Waals surface area contributed by atoms with Crippen molar-refractivity contribution in [1.29, 1.82) is 0 Å². The molecule has 0 bridgehead atoms. The molecule has 0 heterocycles. The van der Waals surface area contributed by atoms with Gasteiger partial charge in [0.2, 0.25) is 5.91 Å². The summed E-state index contributed by atoms with van der Waals surface area (Å²) >= 11 is 0. The van der Waals surface area contributed by atoms with E-state index in [1.54, 1.807) is 6.92 Å². The number of amides is 1. The molecular formula is C11H24N2O2S. The number of hydrogen-bond donors (Lipinski definition) is 2. The SMILES string of the molecule is CC(N)CCS(=O)C(C)C(=O)NC(C)(C)C. The van der Waals surface area contributed by atoms with E-state index >= 15 is 0 Å². The fourth-order valence-electron chi connectivity index (χ4n) is 1.07. The van der Waals surface area contributed by atoms with Gasteiger partial charge in [0.25, 0.3) is 0 Å². The molecule has 0 aromatic rings. The molecule has 4 nitrogen and oxygen atoms in total. The summed E-state index contributed by atoms with van der Waals surface area (Å²) in [5.74, 6) is 0.326. The van der Waals surface area contributed by atoms with Gasteiger partial charge in [0.1, 0.15) is 5.25 Å². The lowest BCUT2D eigenvalue weighted by molar-refractivity contribution is -0.121. The Morgan fingerprint density at radius 3 is 2.25 bits per heavy atom. The van der Waals surface area contributed by atoms with Gasteiger partial charge in [-0.15, -0.1) is 0 Å².